The van der Waals surface area contributed by atoms with Crippen LogP contribution in [-0.4, -0.2) is 299 Å². The van der Waals surface area contributed by atoms with Crippen molar-refractivity contribution in [2.24, 2.45) is 34.0 Å². The molecule has 0 aliphatic carbocycles. The number of aliphatic hydroxyl groups is 1. The minimum absolute atomic E-state index is 0.0222. The lowest BCUT2D eigenvalue weighted by atomic mass is 10.0. The Balaban J connectivity index is 1.21. The topological polar surface area (TPSA) is 505 Å². The molecule has 0 bridgehead atoms. The number of aliphatic carboxylic acids is 3. The fraction of sp³-hybridized carbons (Fsp3) is 0.635. The second kappa shape index (κ2) is 50.6. The predicted molar refractivity (Wildman–Crippen MR) is 417 cm³/mol. The van der Waals surface area contributed by atoms with Gasteiger partial charge in [0.1, 0.15) is 42.9 Å². The van der Waals surface area contributed by atoms with Crippen LogP contribution in [0.4, 0.5) is 0 Å². The van der Waals surface area contributed by atoms with E-state index in [1.165, 1.54) is 65.1 Å². The van der Waals surface area contributed by atoms with Gasteiger partial charge < -0.3 is 83.5 Å². The van der Waals surface area contributed by atoms with Crippen LogP contribution in [0.3, 0.4) is 0 Å². The predicted octanol–water partition coefficient (Wildman–Crippen LogP) is -0.300. The molecule has 3 fully saturated rings. The molecule has 111 heavy (non-hydrogen) atoms. The number of aliphatic hydroxyl groups excluding tert-OH is 1. The lowest BCUT2D eigenvalue weighted by Gasteiger charge is -2.31. The van der Waals surface area contributed by atoms with Crippen LogP contribution in [0.5, 0.6) is 0 Å². The molecule has 5 rings (SSSR count). The third-order valence-corrected chi connectivity index (χ3v) is 22.2. The Morgan fingerprint density at radius 3 is 1.77 bits per heavy atom. The maximum absolute atomic E-state index is 14.6. The molecule has 3 heterocycles. The van der Waals surface area contributed by atoms with E-state index in [1.54, 1.807) is 45.0 Å². The van der Waals surface area contributed by atoms with Gasteiger partial charge in [-0.1, -0.05) is 75.2 Å². The molecule has 37 heteroatoms. The third-order valence-electron chi connectivity index (χ3n) is 18.9. The van der Waals surface area contributed by atoms with E-state index < -0.39 is 113 Å². The molecular formula is C74H112N14O20S3. The normalized spacial score (nSPS) is 17.7. The van der Waals surface area contributed by atoms with Crippen molar-refractivity contribution in [1.82, 2.24) is 51.1 Å². The smallest absolute Gasteiger partial charge is 0.320 e. The summed E-state index contributed by atoms with van der Waals surface area (Å²) in [6, 6.07) is 8.06. The molecule has 0 aromatic heterocycles. The Hall–Kier alpha value is -8.30. The minimum atomic E-state index is -1.34. The number of primary amides is 3. The van der Waals surface area contributed by atoms with E-state index in [1.807, 2.05) is 25.1 Å². The number of thioether (sulfide) groups is 3. The molecule has 0 saturated carbocycles. The van der Waals surface area contributed by atoms with E-state index in [2.05, 4.69) is 31.6 Å². The summed E-state index contributed by atoms with van der Waals surface area (Å²) in [5.74, 6) is -9.77. The number of nitrogens with one attached hydrogen (secondary N) is 5. The van der Waals surface area contributed by atoms with Crippen molar-refractivity contribution in [1.29, 1.82) is 0 Å². The quantitative estimate of drug-likeness (QED) is 0.0299. The van der Waals surface area contributed by atoms with Crippen LogP contribution in [-0.2, 0) is 100 Å². The van der Waals surface area contributed by atoms with Gasteiger partial charge in [0.25, 0.3) is 0 Å². The second-order valence-corrected chi connectivity index (χ2v) is 30.9. The molecule has 616 valence electrons. The van der Waals surface area contributed by atoms with Crippen LogP contribution in [0.25, 0.3) is 0 Å². The highest BCUT2D eigenvalue weighted by Gasteiger charge is 2.43. The van der Waals surface area contributed by atoms with Crippen LogP contribution in [0, 0.1) is 11.8 Å². The molecule has 34 nitrogen and oxygen atoms in total. The first kappa shape index (κ1) is 93.3. The molecule has 0 spiro atoms. The van der Waals surface area contributed by atoms with Gasteiger partial charge in [0.15, 0.2) is 0 Å². The summed E-state index contributed by atoms with van der Waals surface area (Å²) in [7, 11) is 0. The molecule has 0 radical (unpaired) electrons. The largest absolute Gasteiger partial charge is 0.480 e. The van der Waals surface area contributed by atoms with Gasteiger partial charge in [-0.05, 0) is 74.1 Å². The number of benzene rings is 2. The monoisotopic (exact) mass is 1610 g/mol. The number of hydrogen-bond acceptors (Lipinski definition) is 23. The number of nitrogens with zero attached hydrogens (tertiary/aromatic N) is 6. The fourth-order valence-corrected chi connectivity index (χ4v) is 15.5. The molecule has 3 aliphatic heterocycles. The average molecular weight is 1610 g/mol. The van der Waals surface area contributed by atoms with Crippen molar-refractivity contribution in [2.45, 2.75) is 164 Å². The lowest BCUT2D eigenvalue weighted by molar-refractivity contribution is -0.146. The second-order valence-electron chi connectivity index (χ2n) is 27.7. The van der Waals surface area contributed by atoms with Crippen molar-refractivity contribution in [2.75, 3.05) is 122 Å². The molecular weight excluding hydrogens is 1500 g/mol. The fourth-order valence-electron chi connectivity index (χ4n) is 12.7. The van der Waals surface area contributed by atoms with Gasteiger partial charge in [-0.3, -0.25) is 81.8 Å². The van der Waals surface area contributed by atoms with Crippen LogP contribution in [0.15, 0.2) is 53.5 Å². The van der Waals surface area contributed by atoms with Crippen LogP contribution >= 0.6 is 35.3 Å². The van der Waals surface area contributed by atoms with E-state index in [4.69, 9.17) is 26.7 Å². The summed E-state index contributed by atoms with van der Waals surface area (Å²) in [4.78, 5) is 193. The molecule has 11 amide bonds. The number of amides is 11. The zero-order valence-electron chi connectivity index (χ0n) is 63.6. The highest BCUT2D eigenvalue weighted by atomic mass is 32.2. The summed E-state index contributed by atoms with van der Waals surface area (Å²) in [6.07, 6.45) is 4.06. The van der Waals surface area contributed by atoms with Crippen LogP contribution in [0.1, 0.15) is 120 Å². The summed E-state index contributed by atoms with van der Waals surface area (Å²) >= 11 is 4.23. The Labute approximate surface area is 660 Å². The highest BCUT2D eigenvalue weighted by Crippen LogP contribution is 2.29. The van der Waals surface area contributed by atoms with E-state index in [0.29, 0.717) is 67.2 Å². The van der Waals surface area contributed by atoms with Crippen LogP contribution < -0.4 is 43.8 Å². The number of nitrogens with two attached hydrogens (primary N) is 3. The van der Waals surface area contributed by atoms with Crippen molar-refractivity contribution in [3.63, 3.8) is 0 Å². The van der Waals surface area contributed by atoms with Gasteiger partial charge in [-0.15, -0.1) is 0 Å². The Morgan fingerprint density at radius 1 is 0.604 bits per heavy atom. The number of carboxylic acids is 3. The van der Waals surface area contributed by atoms with E-state index in [0.717, 1.165) is 29.5 Å². The van der Waals surface area contributed by atoms with E-state index in [-0.39, 0.29) is 172 Å². The van der Waals surface area contributed by atoms with Gasteiger partial charge >= 0.3 is 17.9 Å². The Kier molecular flexibility index (Phi) is 42.6. The molecule has 9 atom stereocenters. The molecule has 2 aromatic rings. The first-order valence-electron chi connectivity index (χ1n) is 37.6. The minimum Gasteiger partial charge on any atom is -0.480 e. The SMILES string of the molecule is CCCCCC(=O)N=CC(CSCc1cc(CSCCNC(=O)COCCOCCNC(=O)CCC(C(=O)O)N2CCN(CC(=O)O)CCN(CC(=O)O)CC2)cc(CSCC(NC(=O)[C@H](Cc2ccccc2)NC(=O)[C@H](CCC(N)=O)NC(=O)[C@@H](C)[C@@H](C)O)C(N)=O)c1)C(=O)N1CCC[C@H]1C(=O)N1CCC[C@H]1C(N)=O. The number of aliphatic imine (C=N–C) groups is 1. The zero-order valence-corrected chi connectivity index (χ0v) is 66.1. The lowest BCUT2D eigenvalue weighted by Crippen LogP contribution is -2.58. The van der Waals surface area contributed by atoms with Gasteiger partial charge in [0.2, 0.25) is 65.0 Å². The van der Waals surface area contributed by atoms with E-state index in [9.17, 15) is 87.5 Å². The van der Waals surface area contributed by atoms with E-state index >= 15 is 0 Å². The summed E-state index contributed by atoms with van der Waals surface area (Å²) in [6.45, 7) is 6.69. The average Bonchev–Trinajstić information content (AvgIpc) is 1.67. The summed E-state index contributed by atoms with van der Waals surface area (Å²) < 4.78 is 11.1. The first-order chi connectivity index (χ1) is 53.0. The van der Waals surface area contributed by atoms with Crippen LogP contribution in [0.2, 0.25) is 0 Å². The number of carbonyl (C=O) groups is 14. The summed E-state index contributed by atoms with van der Waals surface area (Å²) in [5.41, 5.74) is 20.2. The number of likely N-dealkylation sites (tertiary alicyclic amines) is 2. The number of carboxylic acid groups (broad SMARTS) is 3. The van der Waals surface area contributed by atoms with Gasteiger partial charge in [0.05, 0.1) is 50.8 Å². The van der Waals surface area contributed by atoms with Crippen molar-refractivity contribution in [3.8, 4) is 0 Å². The summed E-state index contributed by atoms with van der Waals surface area (Å²) in [5, 5.41) is 52.5. The molecule has 3 saturated heterocycles. The molecule has 2 aromatic carbocycles. The molecule has 3 unspecified atom stereocenters. The molecule has 15 N–H and O–H groups in total. The van der Waals surface area contributed by atoms with Crippen molar-refractivity contribution in [3.05, 3.63) is 70.8 Å². The van der Waals surface area contributed by atoms with Gasteiger partial charge in [0, 0.05) is 132 Å². The standard InChI is InChI=1S/C74H112N14O20S3/c1-4-5-7-16-62(91)80-39-54(72(103)88-24-11-15-59(88)73(104)87-23-10-14-58(87)68(77)99)46-110-44-52-35-51(36-53(37-52)45-111-47-57(67(76)98)83-71(102)56(38-50-12-8-6-9-13-50)82-70(101)55(17-19-61(75)90)81-69(100)48(2)49(3)89)43-109-34-22-79-64(93)42-108-33-32-107-31-21-78-63(92)20-18-60(74(105)106)86-29-27-84(40-65(94)95)25-26-85(28-30-86)41-66(96)97/h6,8-9,12-13,35-37,39,48-49,54-60,89H,4-5,7,10-11,14-34,38,40-47H2,1-3H3,(H2,75,90)(H2,76,98)(H2,77,99)(H,78,92)(H,79,93)(H,81,100)(H,82,101)(H,83,102)(H,94,95)(H,96,97)(H,105,106)/t48-,49+,54?,55-,56-,57?,58-,59-,60?/m0/s1. The van der Waals surface area contributed by atoms with Gasteiger partial charge in [-0.25, -0.2) is 4.99 Å². The highest BCUT2D eigenvalue weighted by molar-refractivity contribution is 7.99. The first-order valence-corrected chi connectivity index (χ1v) is 41.1. The Bertz CT molecular complexity index is 3430. The number of hydrogen-bond donors (Lipinski definition) is 12. The van der Waals surface area contributed by atoms with Crippen molar-refractivity contribution >= 4 is 124 Å². The number of rotatable bonds is 51. The van der Waals surface area contributed by atoms with Crippen molar-refractivity contribution < 1.29 is 97.0 Å². The number of ether oxygens (including phenoxy) is 2. The Morgan fingerprint density at radius 2 is 1.17 bits per heavy atom. The third kappa shape index (κ3) is 35.1. The number of carbonyl (C=O) groups excluding carboxylic acids is 11. The molecule has 3 aliphatic rings. The zero-order chi connectivity index (χ0) is 81.4. The number of unbranched alkanes of at least 4 members (excludes halogenated alkanes) is 2. The van der Waals surface area contributed by atoms with Gasteiger partial charge in [-0.2, -0.15) is 35.3 Å². The maximum atomic E-state index is 14.6. The maximum Gasteiger partial charge on any atom is 0.320 e.